The quantitative estimate of drug-likeness (QED) is 0.657. The molecule has 27 heavy (non-hydrogen) atoms. The highest BCUT2D eigenvalue weighted by molar-refractivity contribution is 7.13. The molecule has 0 saturated heterocycles. The summed E-state index contributed by atoms with van der Waals surface area (Å²) in [6.45, 7) is 3.57. The summed E-state index contributed by atoms with van der Waals surface area (Å²) in [7, 11) is 0. The number of furan rings is 1. The summed E-state index contributed by atoms with van der Waals surface area (Å²) in [5, 5.41) is 15.0. The van der Waals surface area contributed by atoms with Crippen molar-refractivity contribution in [3.8, 4) is 22.7 Å². The molecule has 0 aromatic carbocycles. The Morgan fingerprint density at radius 2 is 2.11 bits per heavy atom. The SMILES string of the molecule is CC(C)(O)C#Cc1ccc(C(=O)NCCc2csc(-c3ncccn3)n2)o1. The normalized spacial score (nSPS) is 10.9. The third-order valence-corrected chi connectivity index (χ3v) is 4.18. The van der Waals surface area contributed by atoms with Gasteiger partial charge in [0, 0.05) is 30.7 Å². The number of aromatic nitrogens is 3. The van der Waals surface area contributed by atoms with Gasteiger partial charge in [-0.2, -0.15) is 0 Å². The Kier molecular flexibility index (Phi) is 5.64. The topological polar surface area (TPSA) is 101 Å². The molecule has 2 N–H and O–H groups in total. The molecule has 3 aromatic rings. The van der Waals surface area contributed by atoms with Crippen molar-refractivity contribution in [1.29, 1.82) is 0 Å². The minimum absolute atomic E-state index is 0.173. The third-order valence-electron chi connectivity index (χ3n) is 3.30. The molecule has 0 unspecified atom stereocenters. The highest BCUT2D eigenvalue weighted by Gasteiger charge is 2.12. The molecule has 0 aliphatic rings. The molecule has 3 heterocycles. The van der Waals surface area contributed by atoms with Crippen LogP contribution < -0.4 is 5.32 Å². The standard InChI is InChI=1S/C19H18N4O3S/c1-19(2,25)8-6-14-4-5-15(26-14)17(24)22-11-7-13-12-27-18(23-13)16-20-9-3-10-21-16/h3-5,9-10,12,25H,7,11H2,1-2H3,(H,22,24). The summed E-state index contributed by atoms with van der Waals surface area (Å²) < 4.78 is 5.38. The van der Waals surface area contributed by atoms with Crippen molar-refractivity contribution in [2.75, 3.05) is 6.54 Å². The second kappa shape index (κ2) is 8.12. The Labute approximate surface area is 160 Å². The largest absolute Gasteiger partial charge is 0.443 e. The molecule has 138 valence electrons. The van der Waals surface area contributed by atoms with Gasteiger partial charge >= 0.3 is 0 Å². The van der Waals surface area contributed by atoms with Gasteiger partial charge in [-0.15, -0.1) is 11.3 Å². The Morgan fingerprint density at radius 1 is 1.33 bits per heavy atom. The summed E-state index contributed by atoms with van der Waals surface area (Å²) in [4.78, 5) is 25.0. The van der Waals surface area contributed by atoms with Gasteiger partial charge in [-0.25, -0.2) is 15.0 Å². The Bertz CT molecular complexity index is 978. The molecule has 0 radical (unpaired) electrons. The maximum absolute atomic E-state index is 12.1. The Morgan fingerprint density at radius 3 is 2.85 bits per heavy atom. The monoisotopic (exact) mass is 382 g/mol. The molecule has 7 nitrogen and oxygen atoms in total. The predicted octanol–water partition coefficient (Wildman–Crippen LogP) is 2.29. The molecule has 0 aliphatic heterocycles. The second-order valence-electron chi connectivity index (χ2n) is 6.20. The lowest BCUT2D eigenvalue weighted by molar-refractivity contribution is 0.0926. The fourth-order valence-electron chi connectivity index (χ4n) is 2.07. The summed E-state index contributed by atoms with van der Waals surface area (Å²) >= 11 is 1.47. The van der Waals surface area contributed by atoms with Crippen LogP contribution in [0.5, 0.6) is 0 Å². The molecule has 0 fully saturated rings. The first kappa shape index (κ1) is 18.8. The predicted molar refractivity (Wildman–Crippen MR) is 101 cm³/mol. The lowest BCUT2D eigenvalue weighted by Gasteiger charge is -2.05. The molecule has 0 aliphatic carbocycles. The summed E-state index contributed by atoms with van der Waals surface area (Å²) in [6.07, 6.45) is 3.93. The highest BCUT2D eigenvalue weighted by Crippen LogP contribution is 2.19. The van der Waals surface area contributed by atoms with Crippen LogP contribution in [0.4, 0.5) is 0 Å². The third kappa shape index (κ3) is 5.48. The smallest absolute Gasteiger partial charge is 0.287 e. The second-order valence-corrected chi connectivity index (χ2v) is 7.05. The minimum atomic E-state index is -1.12. The zero-order valence-corrected chi connectivity index (χ0v) is 15.7. The lowest BCUT2D eigenvalue weighted by atomic mass is 10.1. The van der Waals surface area contributed by atoms with Crippen LogP contribution in [-0.2, 0) is 6.42 Å². The van der Waals surface area contributed by atoms with Crippen LogP contribution in [-0.4, -0.2) is 38.1 Å². The van der Waals surface area contributed by atoms with E-state index in [-0.39, 0.29) is 11.7 Å². The highest BCUT2D eigenvalue weighted by atomic mass is 32.1. The van der Waals surface area contributed by atoms with Gasteiger partial charge in [0.05, 0.1) is 5.69 Å². The maximum Gasteiger partial charge on any atom is 0.287 e. The van der Waals surface area contributed by atoms with E-state index in [1.54, 1.807) is 44.4 Å². The molecular formula is C19H18N4O3S. The fourth-order valence-corrected chi connectivity index (χ4v) is 2.87. The lowest BCUT2D eigenvalue weighted by Crippen LogP contribution is -2.25. The van der Waals surface area contributed by atoms with Crippen molar-refractivity contribution in [3.05, 3.63) is 53.2 Å². The number of nitrogens with zero attached hydrogens (tertiary/aromatic N) is 3. The minimum Gasteiger partial charge on any atom is -0.443 e. The number of nitrogens with one attached hydrogen (secondary N) is 1. The fraction of sp³-hybridized carbons (Fsp3) is 0.263. The molecule has 0 atom stereocenters. The van der Waals surface area contributed by atoms with Crippen molar-refractivity contribution in [2.45, 2.75) is 25.9 Å². The van der Waals surface area contributed by atoms with E-state index in [1.165, 1.54) is 11.3 Å². The van der Waals surface area contributed by atoms with E-state index in [2.05, 4.69) is 32.1 Å². The van der Waals surface area contributed by atoms with Gasteiger partial charge in [0.25, 0.3) is 5.91 Å². The van der Waals surface area contributed by atoms with Crippen molar-refractivity contribution in [3.63, 3.8) is 0 Å². The molecule has 3 aromatic heterocycles. The first-order chi connectivity index (χ1) is 12.9. The summed E-state index contributed by atoms with van der Waals surface area (Å²) in [6, 6.07) is 4.90. The van der Waals surface area contributed by atoms with Gasteiger partial charge in [0.1, 0.15) is 5.60 Å². The van der Waals surface area contributed by atoms with Gasteiger partial charge in [-0.3, -0.25) is 4.79 Å². The van der Waals surface area contributed by atoms with Crippen molar-refractivity contribution in [2.24, 2.45) is 0 Å². The van der Waals surface area contributed by atoms with E-state index in [9.17, 15) is 9.90 Å². The van der Waals surface area contributed by atoms with E-state index in [0.29, 0.717) is 24.6 Å². The van der Waals surface area contributed by atoms with Crippen LogP contribution in [0.15, 0.2) is 40.4 Å². The van der Waals surface area contributed by atoms with Gasteiger partial charge < -0.3 is 14.8 Å². The number of carbonyl (C=O) groups is 1. The van der Waals surface area contributed by atoms with Crippen molar-refractivity contribution < 1.29 is 14.3 Å². The number of hydrogen-bond donors (Lipinski definition) is 2. The van der Waals surface area contributed by atoms with Crippen LogP contribution in [0.1, 0.15) is 35.9 Å². The van der Waals surface area contributed by atoms with E-state index < -0.39 is 5.60 Å². The van der Waals surface area contributed by atoms with Crippen LogP contribution in [0, 0.1) is 11.8 Å². The zero-order chi connectivity index (χ0) is 19.3. The zero-order valence-electron chi connectivity index (χ0n) is 14.9. The molecule has 3 rings (SSSR count). The number of aliphatic hydroxyl groups is 1. The molecular weight excluding hydrogens is 364 g/mol. The van der Waals surface area contributed by atoms with Gasteiger partial charge in [0.2, 0.25) is 0 Å². The molecule has 0 saturated carbocycles. The maximum atomic E-state index is 12.1. The van der Waals surface area contributed by atoms with Gasteiger partial charge in [-0.1, -0.05) is 5.92 Å². The number of hydrogen-bond acceptors (Lipinski definition) is 7. The van der Waals surface area contributed by atoms with E-state index in [1.807, 2.05) is 5.38 Å². The molecule has 1 amide bonds. The molecule has 8 heteroatoms. The number of thiazole rings is 1. The first-order valence-corrected chi connectivity index (χ1v) is 9.14. The van der Waals surface area contributed by atoms with Crippen LogP contribution >= 0.6 is 11.3 Å². The average Bonchev–Trinajstić information content (AvgIpc) is 3.30. The van der Waals surface area contributed by atoms with E-state index >= 15 is 0 Å². The van der Waals surface area contributed by atoms with E-state index in [4.69, 9.17) is 4.42 Å². The first-order valence-electron chi connectivity index (χ1n) is 8.26. The number of amides is 1. The number of carbonyl (C=O) groups excluding carboxylic acids is 1. The van der Waals surface area contributed by atoms with Crippen molar-refractivity contribution >= 4 is 17.2 Å². The summed E-state index contributed by atoms with van der Waals surface area (Å²) in [5.74, 6) is 6.09. The van der Waals surface area contributed by atoms with E-state index in [0.717, 1.165) is 10.7 Å². The molecule has 0 spiro atoms. The van der Waals surface area contributed by atoms with Crippen LogP contribution in [0.2, 0.25) is 0 Å². The Hall–Kier alpha value is -3.02. The number of rotatable bonds is 5. The van der Waals surface area contributed by atoms with Gasteiger partial charge in [-0.05, 0) is 38.0 Å². The Balaban J connectivity index is 1.52. The summed E-state index contributed by atoms with van der Waals surface area (Å²) in [5.41, 5.74) is -0.259. The molecule has 0 bridgehead atoms. The van der Waals surface area contributed by atoms with Crippen LogP contribution in [0.25, 0.3) is 10.8 Å². The van der Waals surface area contributed by atoms with Gasteiger partial charge in [0.15, 0.2) is 22.4 Å². The average molecular weight is 382 g/mol. The van der Waals surface area contributed by atoms with Crippen LogP contribution in [0.3, 0.4) is 0 Å². The van der Waals surface area contributed by atoms with Crippen molar-refractivity contribution in [1.82, 2.24) is 20.3 Å².